The summed E-state index contributed by atoms with van der Waals surface area (Å²) >= 11 is 0. The molecule has 2 saturated heterocycles. The second-order valence-electron chi connectivity index (χ2n) is 5.16. The Morgan fingerprint density at radius 2 is 2.25 bits per heavy atom. The second-order valence-corrected chi connectivity index (χ2v) is 5.16. The van der Waals surface area contributed by atoms with Gasteiger partial charge < -0.3 is 15.0 Å². The number of nitrogens with one attached hydrogen (secondary N) is 1. The van der Waals surface area contributed by atoms with Gasteiger partial charge in [-0.25, -0.2) is 0 Å². The molecule has 94 valence electrons. The van der Waals surface area contributed by atoms with Gasteiger partial charge in [-0.15, -0.1) is 0 Å². The molecule has 0 saturated carbocycles. The lowest BCUT2D eigenvalue weighted by molar-refractivity contribution is -0.00104. The molecule has 0 aliphatic carbocycles. The highest BCUT2D eigenvalue weighted by atomic mass is 16.5. The third kappa shape index (κ3) is 3.42. The van der Waals surface area contributed by atoms with Crippen molar-refractivity contribution in [3.8, 4) is 0 Å². The zero-order valence-electron chi connectivity index (χ0n) is 10.6. The van der Waals surface area contributed by atoms with E-state index in [1.165, 1.54) is 26.1 Å². The van der Waals surface area contributed by atoms with Crippen molar-refractivity contribution in [2.75, 3.05) is 52.9 Å². The van der Waals surface area contributed by atoms with Crippen molar-refractivity contribution in [2.24, 2.45) is 0 Å². The Kier molecular flexibility index (Phi) is 4.58. The predicted molar refractivity (Wildman–Crippen MR) is 65.8 cm³/mol. The van der Waals surface area contributed by atoms with E-state index >= 15 is 0 Å². The van der Waals surface area contributed by atoms with E-state index in [9.17, 15) is 0 Å². The average Bonchev–Trinajstić information content (AvgIpc) is 2.43. The van der Waals surface area contributed by atoms with Crippen LogP contribution in [0, 0.1) is 0 Å². The van der Waals surface area contributed by atoms with E-state index in [1.807, 2.05) is 0 Å². The normalized spacial score (nSPS) is 34.9. The van der Waals surface area contributed by atoms with Crippen LogP contribution in [0.3, 0.4) is 0 Å². The summed E-state index contributed by atoms with van der Waals surface area (Å²) in [6.45, 7) is 9.93. The fourth-order valence-electron chi connectivity index (χ4n) is 2.69. The summed E-state index contributed by atoms with van der Waals surface area (Å²) in [4.78, 5) is 5.02. The molecule has 2 aliphatic rings. The molecular formula is C12H25N3O. The van der Waals surface area contributed by atoms with Crippen LogP contribution in [-0.4, -0.2) is 74.9 Å². The molecule has 2 atom stereocenters. The van der Waals surface area contributed by atoms with Crippen molar-refractivity contribution in [1.82, 2.24) is 15.1 Å². The van der Waals surface area contributed by atoms with E-state index in [-0.39, 0.29) is 0 Å². The Morgan fingerprint density at radius 1 is 1.38 bits per heavy atom. The van der Waals surface area contributed by atoms with Gasteiger partial charge in [-0.3, -0.25) is 4.90 Å². The third-order valence-corrected chi connectivity index (χ3v) is 3.63. The minimum absolute atomic E-state index is 0.389. The minimum atomic E-state index is 0.389. The number of hydrogen-bond donors (Lipinski definition) is 1. The first kappa shape index (κ1) is 12.3. The summed E-state index contributed by atoms with van der Waals surface area (Å²) < 4.78 is 5.78. The maximum atomic E-state index is 5.78. The molecule has 2 heterocycles. The van der Waals surface area contributed by atoms with Crippen LogP contribution in [0.5, 0.6) is 0 Å². The summed E-state index contributed by atoms with van der Waals surface area (Å²) in [5.41, 5.74) is 0. The van der Waals surface area contributed by atoms with Gasteiger partial charge in [0.15, 0.2) is 0 Å². The quantitative estimate of drug-likeness (QED) is 0.719. The van der Waals surface area contributed by atoms with E-state index in [1.54, 1.807) is 0 Å². The van der Waals surface area contributed by atoms with E-state index in [2.05, 4.69) is 29.1 Å². The maximum Gasteiger partial charge on any atom is 0.0826 e. The van der Waals surface area contributed by atoms with Gasteiger partial charge in [-0.05, 0) is 33.5 Å². The lowest BCUT2D eigenvalue weighted by Crippen LogP contribution is -2.48. The molecule has 0 bridgehead atoms. The zero-order chi connectivity index (χ0) is 11.4. The molecule has 0 spiro atoms. The Bertz CT molecular complexity index is 206. The summed E-state index contributed by atoms with van der Waals surface area (Å²) in [6, 6.07) is 0.651. The topological polar surface area (TPSA) is 27.7 Å². The predicted octanol–water partition coefficient (Wildman–Crippen LogP) is 0.000800. The van der Waals surface area contributed by atoms with Gasteiger partial charge in [0.05, 0.1) is 12.7 Å². The Balaban J connectivity index is 1.82. The maximum absolute atomic E-state index is 5.78. The highest BCUT2D eigenvalue weighted by Gasteiger charge is 2.23. The van der Waals surface area contributed by atoms with Crippen LogP contribution in [0.25, 0.3) is 0 Å². The Hall–Kier alpha value is -0.160. The molecule has 0 radical (unpaired) electrons. The fraction of sp³-hybridized carbons (Fsp3) is 1.00. The number of hydrogen-bond acceptors (Lipinski definition) is 4. The van der Waals surface area contributed by atoms with Crippen LogP contribution in [-0.2, 0) is 4.74 Å². The summed E-state index contributed by atoms with van der Waals surface area (Å²) in [5, 5.41) is 3.40. The van der Waals surface area contributed by atoms with Crippen molar-refractivity contribution in [2.45, 2.75) is 25.5 Å². The molecule has 2 rings (SSSR count). The smallest absolute Gasteiger partial charge is 0.0826 e. The lowest BCUT2D eigenvalue weighted by atomic mass is 10.2. The third-order valence-electron chi connectivity index (χ3n) is 3.63. The van der Waals surface area contributed by atoms with Crippen LogP contribution in [0.1, 0.15) is 13.3 Å². The molecule has 0 aromatic carbocycles. The van der Waals surface area contributed by atoms with Crippen molar-refractivity contribution in [3.63, 3.8) is 0 Å². The standard InChI is InChI=1S/C12H25N3O/c1-11-9-14(2)5-3-6-15(11)10-12-8-13-4-7-16-12/h11-13H,3-10H2,1-2H3. The van der Waals surface area contributed by atoms with Gasteiger partial charge in [0.25, 0.3) is 0 Å². The van der Waals surface area contributed by atoms with Crippen LogP contribution >= 0.6 is 0 Å². The van der Waals surface area contributed by atoms with Crippen LogP contribution in [0.15, 0.2) is 0 Å². The molecule has 0 aromatic heterocycles. The zero-order valence-corrected chi connectivity index (χ0v) is 10.6. The van der Waals surface area contributed by atoms with Crippen LogP contribution in [0.2, 0.25) is 0 Å². The Labute approximate surface area is 98.9 Å². The fourth-order valence-corrected chi connectivity index (χ4v) is 2.69. The lowest BCUT2D eigenvalue weighted by Gasteiger charge is -2.33. The number of morpholine rings is 1. The van der Waals surface area contributed by atoms with Crippen molar-refractivity contribution < 1.29 is 4.74 Å². The number of rotatable bonds is 2. The molecule has 16 heavy (non-hydrogen) atoms. The minimum Gasteiger partial charge on any atom is -0.374 e. The number of nitrogens with zero attached hydrogens (tertiary/aromatic N) is 2. The van der Waals surface area contributed by atoms with Crippen molar-refractivity contribution in [1.29, 1.82) is 0 Å². The average molecular weight is 227 g/mol. The monoisotopic (exact) mass is 227 g/mol. The van der Waals surface area contributed by atoms with E-state index in [0.717, 1.165) is 26.2 Å². The molecule has 4 heteroatoms. The van der Waals surface area contributed by atoms with Gasteiger partial charge in [-0.1, -0.05) is 0 Å². The SMILES string of the molecule is CC1CN(C)CCCN1CC1CNCCO1. The highest BCUT2D eigenvalue weighted by Crippen LogP contribution is 2.10. The van der Waals surface area contributed by atoms with Crippen molar-refractivity contribution >= 4 is 0 Å². The second kappa shape index (κ2) is 5.96. The van der Waals surface area contributed by atoms with Gasteiger partial charge in [-0.2, -0.15) is 0 Å². The number of ether oxygens (including phenoxy) is 1. The molecule has 0 amide bonds. The molecule has 0 aromatic rings. The van der Waals surface area contributed by atoms with E-state index in [4.69, 9.17) is 4.74 Å². The summed E-state index contributed by atoms with van der Waals surface area (Å²) in [7, 11) is 2.22. The van der Waals surface area contributed by atoms with Gasteiger partial charge in [0, 0.05) is 32.2 Å². The first-order valence-electron chi connectivity index (χ1n) is 6.50. The molecule has 2 aliphatic heterocycles. The molecule has 4 nitrogen and oxygen atoms in total. The van der Waals surface area contributed by atoms with Crippen LogP contribution < -0.4 is 5.32 Å². The summed E-state index contributed by atoms with van der Waals surface area (Å²) in [6.07, 6.45) is 1.67. The summed E-state index contributed by atoms with van der Waals surface area (Å²) in [5.74, 6) is 0. The van der Waals surface area contributed by atoms with E-state index < -0.39 is 0 Å². The van der Waals surface area contributed by atoms with Gasteiger partial charge in [0.2, 0.25) is 0 Å². The molecule has 2 unspecified atom stereocenters. The van der Waals surface area contributed by atoms with Gasteiger partial charge >= 0.3 is 0 Å². The highest BCUT2D eigenvalue weighted by molar-refractivity contribution is 4.79. The first-order valence-corrected chi connectivity index (χ1v) is 6.50. The Morgan fingerprint density at radius 3 is 3.00 bits per heavy atom. The molecular weight excluding hydrogens is 202 g/mol. The van der Waals surface area contributed by atoms with E-state index in [0.29, 0.717) is 12.1 Å². The molecule has 2 fully saturated rings. The molecule has 1 N–H and O–H groups in total. The van der Waals surface area contributed by atoms with Crippen LogP contribution in [0.4, 0.5) is 0 Å². The van der Waals surface area contributed by atoms with Crippen molar-refractivity contribution in [3.05, 3.63) is 0 Å². The van der Waals surface area contributed by atoms with Gasteiger partial charge in [0.1, 0.15) is 0 Å². The first-order chi connectivity index (χ1) is 7.75. The largest absolute Gasteiger partial charge is 0.374 e. The number of likely N-dealkylation sites (N-methyl/N-ethyl adjacent to an activating group) is 1.